The van der Waals surface area contributed by atoms with Crippen molar-refractivity contribution in [2.45, 2.75) is 18.9 Å². The number of aromatic nitrogens is 1. The lowest BCUT2D eigenvalue weighted by atomic mass is 10.1. The van der Waals surface area contributed by atoms with E-state index in [1.807, 2.05) is 12.1 Å². The van der Waals surface area contributed by atoms with Crippen molar-refractivity contribution in [3.63, 3.8) is 0 Å². The quantitative estimate of drug-likeness (QED) is 0.505. The monoisotopic (exact) mass is 194 g/mol. The van der Waals surface area contributed by atoms with Crippen LogP contribution in [0.5, 0.6) is 0 Å². The molecule has 1 aliphatic rings. The van der Waals surface area contributed by atoms with E-state index >= 15 is 0 Å². The minimum absolute atomic E-state index is 0.0973. The van der Waals surface area contributed by atoms with E-state index in [9.17, 15) is 5.21 Å². The number of rotatable bonds is 1. The maximum atomic E-state index is 11.6. The smallest absolute Gasteiger partial charge is 0.144 e. The molecule has 14 heavy (non-hydrogen) atoms. The minimum Gasteiger partial charge on any atom is -0.598 e. The predicted molar refractivity (Wildman–Crippen MR) is 51.7 cm³/mol. The van der Waals surface area contributed by atoms with Gasteiger partial charge in [-0.25, -0.2) is 4.81 Å². The zero-order valence-electron chi connectivity index (χ0n) is 8.22. The van der Waals surface area contributed by atoms with Gasteiger partial charge in [-0.2, -0.15) is 4.84 Å². The zero-order valence-corrected chi connectivity index (χ0v) is 8.22. The summed E-state index contributed by atoms with van der Waals surface area (Å²) in [4.78, 5) is 8.82. The highest BCUT2D eigenvalue weighted by atomic mass is 16.9. The van der Waals surface area contributed by atoms with Crippen molar-refractivity contribution in [3.05, 3.63) is 35.3 Å². The summed E-state index contributed by atoms with van der Waals surface area (Å²) < 4.78 is 0. The molecule has 76 valence electrons. The molecule has 1 aromatic rings. The molecule has 1 aliphatic heterocycles. The van der Waals surface area contributed by atoms with Gasteiger partial charge < -0.3 is 5.21 Å². The molecule has 1 aromatic heterocycles. The Balaban J connectivity index is 2.12. The van der Waals surface area contributed by atoms with Gasteiger partial charge in [-0.3, -0.25) is 4.98 Å². The topological polar surface area (TPSA) is 45.2 Å². The molecule has 0 amide bonds. The van der Waals surface area contributed by atoms with Gasteiger partial charge in [-0.15, -0.1) is 0 Å². The van der Waals surface area contributed by atoms with Crippen LogP contribution in [0.1, 0.15) is 24.5 Å². The second-order valence-corrected chi connectivity index (χ2v) is 3.76. The van der Waals surface area contributed by atoms with Crippen molar-refractivity contribution in [3.8, 4) is 0 Å². The summed E-state index contributed by atoms with van der Waals surface area (Å²) in [7, 11) is 1.54. The lowest BCUT2D eigenvalue weighted by Gasteiger charge is -2.41. The molecule has 4 nitrogen and oxygen atoms in total. The zero-order chi connectivity index (χ0) is 10.0. The fourth-order valence-corrected chi connectivity index (χ4v) is 1.73. The van der Waals surface area contributed by atoms with E-state index < -0.39 is 4.81 Å². The Labute approximate surface area is 83.3 Å². The van der Waals surface area contributed by atoms with Crippen LogP contribution in [-0.4, -0.2) is 23.4 Å². The summed E-state index contributed by atoms with van der Waals surface area (Å²) >= 11 is 0. The Bertz CT molecular complexity index is 300. The maximum Gasteiger partial charge on any atom is 0.144 e. The molecule has 1 fully saturated rings. The minimum atomic E-state index is -0.598. The lowest BCUT2D eigenvalue weighted by Crippen LogP contribution is -2.43. The molecule has 0 N–H and O–H groups in total. The Hall–Kier alpha value is -0.970. The van der Waals surface area contributed by atoms with Crippen LogP contribution >= 0.6 is 0 Å². The number of quaternary nitrogens is 1. The van der Waals surface area contributed by atoms with Crippen LogP contribution in [0.15, 0.2) is 24.5 Å². The Kier molecular flexibility index (Phi) is 2.50. The second-order valence-electron chi connectivity index (χ2n) is 3.76. The fraction of sp³-hybridized carbons (Fsp3) is 0.500. The largest absolute Gasteiger partial charge is 0.598 e. The summed E-state index contributed by atoms with van der Waals surface area (Å²) in [6.45, 7) is 0.538. The SMILES string of the molecule is C[N+]1([O-])CCCC(c2cccnc2)O1. The van der Waals surface area contributed by atoms with Crippen molar-refractivity contribution < 1.29 is 9.65 Å². The molecule has 2 rings (SSSR count). The van der Waals surface area contributed by atoms with Crippen molar-refractivity contribution in [2.75, 3.05) is 13.6 Å². The molecule has 0 saturated carbocycles. The summed E-state index contributed by atoms with van der Waals surface area (Å²) in [6, 6.07) is 3.81. The molecule has 2 atom stereocenters. The van der Waals surface area contributed by atoms with E-state index in [0.717, 1.165) is 18.4 Å². The van der Waals surface area contributed by atoms with Crippen LogP contribution in [-0.2, 0) is 4.84 Å². The first-order chi connectivity index (χ1) is 6.67. The lowest BCUT2D eigenvalue weighted by molar-refractivity contribution is -1.07. The Morgan fingerprint density at radius 1 is 1.64 bits per heavy atom. The average molecular weight is 194 g/mol. The van der Waals surface area contributed by atoms with Crippen LogP contribution < -0.4 is 0 Å². The first-order valence-corrected chi connectivity index (χ1v) is 4.82. The third kappa shape index (κ3) is 2.09. The molecule has 0 aliphatic carbocycles. The molecule has 0 aromatic carbocycles. The molecule has 0 bridgehead atoms. The number of nitrogens with zero attached hydrogens (tertiary/aromatic N) is 2. The van der Waals surface area contributed by atoms with E-state index in [1.54, 1.807) is 19.4 Å². The summed E-state index contributed by atoms with van der Waals surface area (Å²) in [5.41, 5.74) is 0.993. The molecular formula is C10H14N2O2. The summed E-state index contributed by atoms with van der Waals surface area (Å²) in [5, 5.41) is 11.6. The van der Waals surface area contributed by atoms with E-state index in [4.69, 9.17) is 4.84 Å². The molecule has 4 heteroatoms. The Morgan fingerprint density at radius 2 is 2.50 bits per heavy atom. The van der Waals surface area contributed by atoms with Gasteiger partial charge >= 0.3 is 0 Å². The molecule has 2 heterocycles. The van der Waals surface area contributed by atoms with Gasteiger partial charge in [0, 0.05) is 24.4 Å². The molecule has 0 spiro atoms. The summed E-state index contributed by atoms with van der Waals surface area (Å²) in [5.74, 6) is 0. The first-order valence-electron chi connectivity index (χ1n) is 4.82. The third-order valence-electron chi connectivity index (χ3n) is 2.44. The van der Waals surface area contributed by atoms with Crippen molar-refractivity contribution >= 4 is 0 Å². The number of pyridine rings is 1. The van der Waals surface area contributed by atoms with Crippen LogP contribution in [0.4, 0.5) is 0 Å². The highest BCUT2D eigenvalue weighted by Gasteiger charge is 2.27. The van der Waals surface area contributed by atoms with Crippen molar-refractivity contribution in [1.29, 1.82) is 0 Å². The van der Waals surface area contributed by atoms with E-state index in [1.165, 1.54) is 0 Å². The predicted octanol–water partition coefficient (Wildman–Crippen LogP) is 1.79. The maximum absolute atomic E-state index is 11.6. The van der Waals surface area contributed by atoms with Crippen LogP contribution in [0.25, 0.3) is 0 Å². The van der Waals surface area contributed by atoms with Crippen LogP contribution in [0, 0.1) is 5.21 Å². The van der Waals surface area contributed by atoms with Gasteiger partial charge in [0.25, 0.3) is 0 Å². The standard InChI is InChI=1S/C10H14N2O2/c1-12(13)7-3-5-10(14-12)9-4-2-6-11-8-9/h2,4,6,8,10H,3,5,7H2,1H3. The van der Waals surface area contributed by atoms with Gasteiger partial charge in [0.05, 0.1) is 7.05 Å². The molecule has 0 radical (unpaired) electrons. The van der Waals surface area contributed by atoms with E-state index in [0.29, 0.717) is 6.54 Å². The molecule has 2 unspecified atom stereocenters. The normalized spacial score (nSPS) is 32.9. The third-order valence-corrected chi connectivity index (χ3v) is 2.44. The van der Waals surface area contributed by atoms with Crippen LogP contribution in [0.3, 0.4) is 0 Å². The highest BCUT2D eigenvalue weighted by Crippen LogP contribution is 2.30. The van der Waals surface area contributed by atoms with Gasteiger partial charge in [0.2, 0.25) is 0 Å². The highest BCUT2D eigenvalue weighted by molar-refractivity contribution is 5.11. The van der Waals surface area contributed by atoms with Gasteiger partial charge in [-0.05, 0) is 12.5 Å². The number of hydrogen-bond donors (Lipinski definition) is 0. The number of hydroxylamine groups is 4. The van der Waals surface area contributed by atoms with Crippen molar-refractivity contribution in [1.82, 2.24) is 4.98 Å². The average Bonchev–Trinajstić information content (AvgIpc) is 2.18. The van der Waals surface area contributed by atoms with Gasteiger partial charge in [-0.1, -0.05) is 6.07 Å². The summed E-state index contributed by atoms with van der Waals surface area (Å²) in [6.07, 6.45) is 5.19. The van der Waals surface area contributed by atoms with Gasteiger partial charge in [0.15, 0.2) is 0 Å². The fourth-order valence-electron chi connectivity index (χ4n) is 1.73. The van der Waals surface area contributed by atoms with E-state index in [-0.39, 0.29) is 6.10 Å². The van der Waals surface area contributed by atoms with E-state index in [2.05, 4.69) is 4.98 Å². The Morgan fingerprint density at radius 3 is 3.14 bits per heavy atom. The van der Waals surface area contributed by atoms with Crippen LogP contribution in [0.2, 0.25) is 0 Å². The second kappa shape index (κ2) is 3.65. The first kappa shape index (κ1) is 9.58. The number of hydrogen-bond acceptors (Lipinski definition) is 3. The van der Waals surface area contributed by atoms with Crippen molar-refractivity contribution in [2.24, 2.45) is 0 Å². The van der Waals surface area contributed by atoms with Gasteiger partial charge in [0.1, 0.15) is 12.6 Å². The molecule has 1 saturated heterocycles. The molecular weight excluding hydrogens is 180 g/mol.